The highest BCUT2D eigenvalue weighted by Crippen LogP contribution is 2.14. The van der Waals surface area contributed by atoms with Crippen LogP contribution in [0.1, 0.15) is 25.8 Å². The molecule has 1 aromatic rings. The van der Waals surface area contributed by atoms with Crippen molar-refractivity contribution in [3.63, 3.8) is 0 Å². The minimum Gasteiger partial charge on any atom is -0.491 e. The van der Waals surface area contributed by atoms with E-state index in [1.807, 2.05) is 33.0 Å². The Balaban J connectivity index is 2.48. The summed E-state index contributed by atoms with van der Waals surface area (Å²) in [4.78, 5) is 2.14. The average molecular weight is 232 g/mol. The summed E-state index contributed by atoms with van der Waals surface area (Å²) in [5, 5.41) is 8.51. The predicted molar refractivity (Wildman–Crippen MR) is 68.8 cm³/mol. The second kappa shape index (κ2) is 6.93. The number of nitrogens with zero attached hydrogens (tertiary/aromatic N) is 2. The molecule has 0 amide bonds. The molecule has 0 radical (unpaired) electrons. The van der Waals surface area contributed by atoms with Crippen molar-refractivity contribution in [2.24, 2.45) is 0 Å². The Labute approximate surface area is 104 Å². The Morgan fingerprint density at radius 3 is 2.47 bits per heavy atom. The molecule has 0 aliphatic heterocycles. The lowest BCUT2D eigenvalue weighted by Crippen LogP contribution is -2.18. The monoisotopic (exact) mass is 232 g/mol. The molecular formula is C14H20N2O. The van der Waals surface area contributed by atoms with Gasteiger partial charge in [-0.25, -0.2) is 0 Å². The molecule has 3 heteroatoms. The Bertz CT molecular complexity index is 365. The van der Waals surface area contributed by atoms with Gasteiger partial charge in [0.05, 0.1) is 12.2 Å². The molecule has 1 rings (SSSR count). The number of rotatable bonds is 6. The number of ether oxygens (including phenoxy) is 1. The van der Waals surface area contributed by atoms with Gasteiger partial charge >= 0.3 is 0 Å². The van der Waals surface area contributed by atoms with Crippen molar-refractivity contribution in [3.8, 4) is 11.8 Å². The molecule has 1 aromatic carbocycles. The van der Waals surface area contributed by atoms with Crippen molar-refractivity contribution >= 4 is 0 Å². The Morgan fingerprint density at radius 1 is 1.29 bits per heavy atom. The zero-order valence-corrected chi connectivity index (χ0v) is 10.8. The fourth-order valence-electron chi connectivity index (χ4n) is 1.58. The van der Waals surface area contributed by atoms with Crippen molar-refractivity contribution < 1.29 is 4.74 Å². The van der Waals surface area contributed by atoms with Gasteiger partial charge in [-0.3, -0.25) is 0 Å². The first-order chi connectivity index (χ1) is 8.11. The van der Waals surface area contributed by atoms with Crippen LogP contribution in [0.25, 0.3) is 0 Å². The van der Waals surface area contributed by atoms with Gasteiger partial charge in [0.2, 0.25) is 0 Å². The standard InChI is InChI=1S/C14H20N2O/c1-12(2)17-14-7-5-13(6-8-14)11-16(3)10-4-9-15/h5-8,12H,4,10-11H2,1-3H3. The van der Waals surface area contributed by atoms with Gasteiger partial charge in [-0.1, -0.05) is 12.1 Å². The van der Waals surface area contributed by atoms with Crippen molar-refractivity contribution in [1.29, 1.82) is 5.26 Å². The molecule has 0 spiro atoms. The van der Waals surface area contributed by atoms with Gasteiger partial charge < -0.3 is 9.64 Å². The summed E-state index contributed by atoms with van der Waals surface area (Å²) in [6.07, 6.45) is 0.782. The third-order valence-corrected chi connectivity index (χ3v) is 2.35. The molecule has 92 valence electrons. The normalized spacial score (nSPS) is 10.6. The second-order valence-corrected chi connectivity index (χ2v) is 4.46. The van der Waals surface area contributed by atoms with E-state index in [0.29, 0.717) is 6.42 Å². The van der Waals surface area contributed by atoms with E-state index in [-0.39, 0.29) is 6.10 Å². The second-order valence-electron chi connectivity index (χ2n) is 4.46. The number of nitriles is 1. The summed E-state index contributed by atoms with van der Waals surface area (Å²) >= 11 is 0. The summed E-state index contributed by atoms with van der Waals surface area (Å²) in [6, 6.07) is 10.3. The Morgan fingerprint density at radius 2 is 1.94 bits per heavy atom. The number of hydrogen-bond donors (Lipinski definition) is 0. The minimum atomic E-state index is 0.208. The highest BCUT2D eigenvalue weighted by molar-refractivity contribution is 5.27. The summed E-state index contributed by atoms with van der Waals surface area (Å²) in [7, 11) is 2.02. The maximum absolute atomic E-state index is 8.51. The molecule has 0 fully saturated rings. The molecule has 3 nitrogen and oxygen atoms in total. The van der Waals surface area contributed by atoms with Crippen LogP contribution in [-0.4, -0.2) is 24.6 Å². The smallest absolute Gasteiger partial charge is 0.119 e. The number of hydrogen-bond acceptors (Lipinski definition) is 3. The summed E-state index contributed by atoms with van der Waals surface area (Å²) in [5.74, 6) is 0.906. The molecule has 0 aromatic heterocycles. The lowest BCUT2D eigenvalue weighted by molar-refractivity contribution is 0.242. The van der Waals surface area contributed by atoms with Gasteiger partial charge in [-0.15, -0.1) is 0 Å². The van der Waals surface area contributed by atoms with Crippen molar-refractivity contribution in [2.75, 3.05) is 13.6 Å². The first kappa shape index (κ1) is 13.5. The predicted octanol–water partition coefficient (Wildman–Crippen LogP) is 2.82. The van der Waals surface area contributed by atoms with E-state index in [1.165, 1.54) is 5.56 Å². The minimum absolute atomic E-state index is 0.208. The molecule has 0 heterocycles. The van der Waals surface area contributed by atoms with E-state index in [9.17, 15) is 0 Å². The van der Waals surface area contributed by atoms with Gasteiger partial charge in [0.25, 0.3) is 0 Å². The lowest BCUT2D eigenvalue weighted by Gasteiger charge is -2.15. The van der Waals surface area contributed by atoms with E-state index in [2.05, 4.69) is 23.1 Å². The molecule has 0 aliphatic carbocycles. The largest absolute Gasteiger partial charge is 0.491 e. The van der Waals surface area contributed by atoms with Gasteiger partial charge in [0, 0.05) is 19.5 Å². The molecule has 0 aliphatic rings. The molecule has 0 N–H and O–H groups in total. The molecule has 0 bridgehead atoms. The third-order valence-electron chi connectivity index (χ3n) is 2.35. The maximum Gasteiger partial charge on any atom is 0.119 e. The van der Waals surface area contributed by atoms with Gasteiger partial charge in [0.1, 0.15) is 5.75 Å². The van der Waals surface area contributed by atoms with Crippen LogP contribution in [0.2, 0.25) is 0 Å². The summed E-state index contributed by atoms with van der Waals surface area (Å²) in [5.41, 5.74) is 1.24. The van der Waals surface area contributed by atoms with Crippen LogP contribution in [0, 0.1) is 11.3 Å². The van der Waals surface area contributed by atoms with Crippen LogP contribution in [0.3, 0.4) is 0 Å². The molecule has 17 heavy (non-hydrogen) atoms. The lowest BCUT2D eigenvalue weighted by atomic mass is 10.2. The Hall–Kier alpha value is -1.53. The topological polar surface area (TPSA) is 36.3 Å². The summed E-state index contributed by atoms with van der Waals surface area (Å²) < 4.78 is 5.58. The zero-order chi connectivity index (χ0) is 12.7. The van der Waals surface area contributed by atoms with Crippen molar-refractivity contribution in [1.82, 2.24) is 4.90 Å². The van der Waals surface area contributed by atoms with Crippen LogP contribution in [-0.2, 0) is 6.54 Å². The zero-order valence-electron chi connectivity index (χ0n) is 10.8. The average Bonchev–Trinajstić information content (AvgIpc) is 2.28. The van der Waals surface area contributed by atoms with Gasteiger partial charge in [0.15, 0.2) is 0 Å². The first-order valence-corrected chi connectivity index (χ1v) is 5.93. The Kier molecular flexibility index (Phi) is 5.51. The van der Waals surface area contributed by atoms with E-state index < -0.39 is 0 Å². The molecule has 0 saturated carbocycles. The van der Waals surface area contributed by atoms with Crippen molar-refractivity contribution in [3.05, 3.63) is 29.8 Å². The van der Waals surface area contributed by atoms with E-state index in [4.69, 9.17) is 10.00 Å². The van der Waals surface area contributed by atoms with E-state index >= 15 is 0 Å². The molecule has 0 atom stereocenters. The number of benzene rings is 1. The molecule has 0 saturated heterocycles. The van der Waals surface area contributed by atoms with Crippen LogP contribution in [0.5, 0.6) is 5.75 Å². The van der Waals surface area contributed by atoms with Crippen LogP contribution in [0.4, 0.5) is 0 Å². The van der Waals surface area contributed by atoms with Crippen LogP contribution >= 0.6 is 0 Å². The van der Waals surface area contributed by atoms with Crippen LogP contribution in [0.15, 0.2) is 24.3 Å². The quantitative estimate of drug-likeness (QED) is 0.756. The molecular weight excluding hydrogens is 212 g/mol. The first-order valence-electron chi connectivity index (χ1n) is 5.93. The van der Waals surface area contributed by atoms with Gasteiger partial charge in [-0.05, 0) is 38.6 Å². The maximum atomic E-state index is 8.51. The summed E-state index contributed by atoms with van der Waals surface area (Å²) in [6.45, 7) is 5.71. The van der Waals surface area contributed by atoms with Gasteiger partial charge in [-0.2, -0.15) is 5.26 Å². The highest BCUT2D eigenvalue weighted by atomic mass is 16.5. The van der Waals surface area contributed by atoms with Crippen LogP contribution < -0.4 is 4.74 Å². The van der Waals surface area contributed by atoms with E-state index in [1.54, 1.807) is 0 Å². The third kappa shape index (κ3) is 5.37. The van der Waals surface area contributed by atoms with E-state index in [0.717, 1.165) is 18.8 Å². The highest BCUT2D eigenvalue weighted by Gasteiger charge is 2.01. The molecule has 0 unspecified atom stereocenters. The fraction of sp³-hybridized carbons (Fsp3) is 0.500. The SMILES string of the molecule is CC(C)Oc1ccc(CN(C)CCC#N)cc1. The van der Waals surface area contributed by atoms with Crippen molar-refractivity contribution in [2.45, 2.75) is 32.9 Å². The fourth-order valence-corrected chi connectivity index (χ4v) is 1.58.